The van der Waals surface area contributed by atoms with E-state index in [0.29, 0.717) is 19.6 Å². The first-order valence-corrected chi connectivity index (χ1v) is 7.91. The van der Waals surface area contributed by atoms with Crippen molar-refractivity contribution >= 4 is 5.91 Å². The van der Waals surface area contributed by atoms with Crippen molar-refractivity contribution < 1.29 is 9.53 Å². The second kappa shape index (κ2) is 7.89. The van der Waals surface area contributed by atoms with Crippen LogP contribution in [0, 0.1) is 0 Å². The maximum Gasteiger partial charge on any atom is 0.221 e. The first kappa shape index (κ1) is 15.7. The van der Waals surface area contributed by atoms with Crippen LogP contribution < -0.4 is 10.6 Å². The highest BCUT2D eigenvalue weighted by Crippen LogP contribution is 2.11. The van der Waals surface area contributed by atoms with Crippen molar-refractivity contribution in [1.29, 1.82) is 0 Å². The summed E-state index contributed by atoms with van der Waals surface area (Å²) in [7, 11) is 0. The van der Waals surface area contributed by atoms with Crippen LogP contribution >= 0.6 is 0 Å². The molecule has 2 heterocycles. The molecule has 23 heavy (non-hydrogen) atoms. The second-order valence-electron chi connectivity index (χ2n) is 5.71. The van der Waals surface area contributed by atoms with E-state index in [0.717, 1.165) is 25.3 Å². The smallest absolute Gasteiger partial charge is 0.221 e. The van der Waals surface area contributed by atoms with Gasteiger partial charge in [0, 0.05) is 44.5 Å². The summed E-state index contributed by atoms with van der Waals surface area (Å²) in [4.78, 5) is 16.2. The number of carbonyl (C=O) groups is 1. The Balaban J connectivity index is 1.54. The predicted octanol–water partition coefficient (Wildman–Crippen LogP) is 0.926. The summed E-state index contributed by atoms with van der Waals surface area (Å²) in [5.41, 5.74) is 2.31. The van der Waals surface area contributed by atoms with Gasteiger partial charge in [0.25, 0.3) is 0 Å². The van der Waals surface area contributed by atoms with Crippen LogP contribution in [0.15, 0.2) is 43.0 Å². The number of rotatable bonds is 6. The van der Waals surface area contributed by atoms with E-state index in [9.17, 15) is 4.79 Å². The minimum absolute atomic E-state index is 0.0467. The van der Waals surface area contributed by atoms with Crippen LogP contribution in [0.25, 0.3) is 0 Å². The quantitative estimate of drug-likeness (QED) is 0.832. The molecule has 0 aliphatic carbocycles. The zero-order valence-electron chi connectivity index (χ0n) is 13.1. The summed E-state index contributed by atoms with van der Waals surface area (Å²) in [6.07, 6.45) is 5.95. The van der Waals surface area contributed by atoms with Crippen molar-refractivity contribution in [2.24, 2.45) is 0 Å². The molecule has 0 radical (unpaired) electrons. The molecule has 0 bridgehead atoms. The number of nitrogens with zero attached hydrogens (tertiary/aromatic N) is 2. The molecule has 1 atom stereocenters. The molecule has 2 N–H and O–H groups in total. The highest BCUT2D eigenvalue weighted by molar-refractivity contribution is 5.76. The number of hydrogen-bond acceptors (Lipinski definition) is 4. The predicted molar refractivity (Wildman–Crippen MR) is 86.8 cm³/mol. The largest absolute Gasteiger partial charge is 0.378 e. The van der Waals surface area contributed by atoms with Crippen molar-refractivity contribution in [3.8, 4) is 0 Å². The van der Waals surface area contributed by atoms with E-state index in [4.69, 9.17) is 4.74 Å². The van der Waals surface area contributed by atoms with E-state index in [1.807, 2.05) is 22.9 Å². The molecule has 6 nitrogen and oxygen atoms in total. The number of aromatic nitrogens is 2. The first-order valence-electron chi connectivity index (χ1n) is 7.91. The molecule has 1 saturated heterocycles. The zero-order valence-corrected chi connectivity index (χ0v) is 13.1. The fraction of sp³-hybridized carbons (Fsp3) is 0.412. The highest BCUT2D eigenvalue weighted by Gasteiger charge is 2.16. The van der Waals surface area contributed by atoms with Crippen molar-refractivity contribution in [2.45, 2.75) is 25.6 Å². The van der Waals surface area contributed by atoms with E-state index < -0.39 is 0 Å². The SMILES string of the molecule is O=C(CC1COCCN1)NCc1ccccc1Cn1ccnc1. The number of imidazole rings is 1. The molecule has 3 rings (SSSR count). The fourth-order valence-electron chi connectivity index (χ4n) is 2.70. The van der Waals surface area contributed by atoms with Gasteiger partial charge in [0.2, 0.25) is 5.91 Å². The Bertz CT molecular complexity index is 621. The molecular formula is C17H22N4O2. The molecule has 1 fully saturated rings. The first-order chi connectivity index (χ1) is 11.3. The lowest BCUT2D eigenvalue weighted by Gasteiger charge is -2.23. The maximum absolute atomic E-state index is 12.1. The van der Waals surface area contributed by atoms with Crippen molar-refractivity contribution in [1.82, 2.24) is 20.2 Å². The number of ether oxygens (including phenoxy) is 1. The zero-order chi connectivity index (χ0) is 15.9. The summed E-state index contributed by atoms with van der Waals surface area (Å²) in [5, 5.41) is 6.30. The molecule has 2 aromatic rings. The molecule has 1 amide bonds. The lowest BCUT2D eigenvalue weighted by molar-refractivity contribution is -0.122. The van der Waals surface area contributed by atoms with Crippen molar-refractivity contribution in [3.05, 3.63) is 54.1 Å². The molecule has 1 aliphatic heterocycles. The highest BCUT2D eigenvalue weighted by atomic mass is 16.5. The van der Waals surface area contributed by atoms with Gasteiger partial charge in [0.1, 0.15) is 0 Å². The van der Waals surface area contributed by atoms with Crippen LogP contribution in [0.5, 0.6) is 0 Å². The van der Waals surface area contributed by atoms with Crippen molar-refractivity contribution in [3.63, 3.8) is 0 Å². The summed E-state index contributed by atoms with van der Waals surface area (Å²) in [6, 6.07) is 8.26. The Hall–Kier alpha value is -2.18. The molecular weight excluding hydrogens is 292 g/mol. The van der Waals surface area contributed by atoms with Crippen LogP contribution in [0.1, 0.15) is 17.5 Å². The van der Waals surface area contributed by atoms with Gasteiger partial charge in [-0.15, -0.1) is 0 Å². The standard InChI is InChI=1S/C17H22N4O2/c22-17(9-16-12-23-8-6-19-16)20-10-14-3-1-2-4-15(14)11-21-7-5-18-13-21/h1-5,7,13,16,19H,6,8-12H2,(H,20,22). The topological polar surface area (TPSA) is 68.2 Å². The minimum Gasteiger partial charge on any atom is -0.378 e. The van der Waals surface area contributed by atoms with Crippen LogP contribution in [-0.2, 0) is 22.6 Å². The molecule has 1 unspecified atom stereocenters. The Morgan fingerprint density at radius 1 is 1.39 bits per heavy atom. The van der Waals surface area contributed by atoms with Gasteiger partial charge in [-0.3, -0.25) is 4.79 Å². The Kier molecular flexibility index (Phi) is 5.39. The van der Waals surface area contributed by atoms with E-state index in [1.54, 1.807) is 12.5 Å². The van der Waals surface area contributed by atoms with Gasteiger partial charge < -0.3 is 19.9 Å². The number of hydrogen-bond donors (Lipinski definition) is 2. The molecule has 122 valence electrons. The van der Waals surface area contributed by atoms with E-state index >= 15 is 0 Å². The van der Waals surface area contributed by atoms with Crippen LogP contribution in [0.4, 0.5) is 0 Å². The number of amides is 1. The monoisotopic (exact) mass is 314 g/mol. The lowest BCUT2D eigenvalue weighted by Crippen LogP contribution is -2.44. The van der Waals surface area contributed by atoms with Crippen LogP contribution in [0.2, 0.25) is 0 Å². The van der Waals surface area contributed by atoms with Gasteiger partial charge in [0.05, 0.1) is 19.5 Å². The van der Waals surface area contributed by atoms with E-state index in [2.05, 4.69) is 27.8 Å². The Morgan fingerprint density at radius 2 is 2.26 bits per heavy atom. The number of benzene rings is 1. The van der Waals surface area contributed by atoms with Gasteiger partial charge in [0.15, 0.2) is 0 Å². The van der Waals surface area contributed by atoms with Gasteiger partial charge in [-0.05, 0) is 11.1 Å². The summed E-state index contributed by atoms with van der Waals surface area (Å²) < 4.78 is 7.39. The van der Waals surface area contributed by atoms with Gasteiger partial charge in [-0.1, -0.05) is 24.3 Å². The van der Waals surface area contributed by atoms with Crippen LogP contribution in [0.3, 0.4) is 0 Å². The van der Waals surface area contributed by atoms with Gasteiger partial charge in [-0.25, -0.2) is 4.98 Å². The molecule has 0 saturated carbocycles. The van der Waals surface area contributed by atoms with Crippen molar-refractivity contribution in [2.75, 3.05) is 19.8 Å². The molecule has 1 aromatic heterocycles. The average Bonchev–Trinajstić information content (AvgIpc) is 3.08. The van der Waals surface area contributed by atoms with Gasteiger partial charge in [-0.2, -0.15) is 0 Å². The number of nitrogens with one attached hydrogen (secondary N) is 2. The van der Waals surface area contributed by atoms with E-state index in [1.165, 1.54) is 5.56 Å². The number of carbonyl (C=O) groups excluding carboxylic acids is 1. The fourth-order valence-corrected chi connectivity index (χ4v) is 2.70. The lowest BCUT2D eigenvalue weighted by atomic mass is 10.1. The normalized spacial score (nSPS) is 17.8. The van der Waals surface area contributed by atoms with E-state index in [-0.39, 0.29) is 11.9 Å². The third kappa shape index (κ3) is 4.64. The van der Waals surface area contributed by atoms with Crippen LogP contribution in [-0.4, -0.2) is 41.3 Å². The molecule has 6 heteroatoms. The Morgan fingerprint density at radius 3 is 3.00 bits per heavy atom. The Labute approximate surface area is 135 Å². The number of morpholine rings is 1. The average molecular weight is 314 g/mol. The van der Waals surface area contributed by atoms with Gasteiger partial charge >= 0.3 is 0 Å². The second-order valence-corrected chi connectivity index (χ2v) is 5.71. The third-order valence-corrected chi connectivity index (χ3v) is 3.94. The third-order valence-electron chi connectivity index (χ3n) is 3.94. The molecule has 1 aromatic carbocycles. The molecule has 1 aliphatic rings. The summed E-state index contributed by atoms with van der Waals surface area (Å²) in [6.45, 7) is 3.43. The minimum atomic E-state index is 0.0467. The summed E-state index contributed by atoms with van der Waals surface area (Å²) >= 11 is 0. The maximum atomic E-state index is 12.1. The molecule has 0 spiro atoms. The summed E-state index contributed by atoms with van der Waals surface area (Å²) in [5.74, 6) is 0.0467.